The Labute approximate surface area is 203 Å². The number of benzene rings is 2. The van der Waals surface area contributed by atoms with Crippen LogP contribution in [0.5, 0.6) is 0 Å². The average Bonchev–Trinajstić information content (AvgIpc) is 2.95. The van der Waals surface area contributed by atoms with Gasteiger partial charge in [-0.2, -0.15) is 0 Å². The summed E-state index contributed by atoms with van der Waals surface area (Å²) in [5.41, 5.74) is 6.73. The van der Waals surface area contributed by atoms with Crippen LogP contribution in [0.25, 0.3) is 16.3 Å². The minimum Gasteiger partial charge on any atom is -0.543 e. The van der Waals surface area contributed by atoms with Crippen molar-refractivity contribution in [2.75, 3.05) is 0 Å². The summed E-state index contributed by atoms with van der Waals surface area (Å²) in [6, 6.07) is 9.99. The molecule has 3 N–H and O–H groups in total. The van der Waals surface area contributed by atoms with Gasteiger partial charge in [0.1, 0.15) is 0 Å². The van der Waals surface area contributed by atoms with E-state index < -0.39 is 29.8 Å². The first-order valence-corrected chi connectivity index (χ1v) is 8.59. The van der Waals surface area contributed by atoms with Gasteiger partial charge < -0.3 is 25.6 Å². The Morgan fingerprint density at radius 1 is 1.21 bits per heavy atom. The fourth-order valence-corrected chi connectivity index (χ4v) is 4.10. The third kappa shape index (κ3) is 3.24. The average molecular weight is 404 g/mol. The van der Waals surface area contributed by atoms with Crippen molar-refractivity contribution in [3.8, 4) is 0 Å². The number of primary amides is 1. The van der Waals surface area contributed by atoms with E-state index in [1.165, 1.54) is 11.8 Å². The zero-order valence-corrected chi connectivity index (χ0v) is 18.6. The maximum absolute atomic E-state index is 12.3. The van der Waals surface area contributed by atoms with E-state index in [1.807, 2.05) is 6.07 Å². The topological polar surface area (TPSA) is 124 Å². The Bertz CT molecular complexity index is 1050. The molecule has 0 spiro atoms. The number of hydrogen-bond acceptors (Lipinski definition) is 5. The van der Waals surface area contributed by atoms with Gasteiger partial charge in [0.2, 0.25) is 11.8 Å². The molecule has 2 aromatic rings. The molecule has 2 heterocycles. The Balaban J connectivity index is 0.00000225. The molecule has 138 valence electrons. The van der Waals surface area contributed by atoms with Crippen molar-refractivity contribution >= 4 is 34.1 Å². The van der Waals surface area contributed by atoms with Crippen molar-refractivity contribution in [1.29, 1.82) is 0 Å². The van der Waals surface area contributed by atoms with Crippen LogP contribution in [0.2, 0.25) is 0 Å². The molecule has 2 aromatic carbocycles. The second-order valence-corrected chi connectivity index (χ2v) is 7.00. The number of fused-ring (bicyclic) bond motifs is 2. The molecule has 1 saturated heterocycles. The molecule has 0 aliphatic carbocycles. The van der Waals surface area contributed by atoms with E-state index in [2.05, 4.69) is 0 Å². The number of nitrogens with zero attached hydrogens (tertiary/aromatic N) is 1. The number of carboxylic acid groups (broad SMARTS) is 1. The third-order valence-corrected chi connectivity index (χ3v) is 5.40. The number of amides is 2. The van der Waals surface area contributed by atoms with Crippen molar-refractivity contribution in [1.82, 2.24) is 4.90 Å². The van der Waals surface area contributed by atoms with E-state index >= 15 is 0 Å². The van der Waals surface area contributed by atoms with Crippen LogP contribution in [0, 0.1) is 5.92 Å². The van der Waals surface area contributed by atoms with Crippen molar-refractivity contribution < 1.29 is 76.0 Å². The Kier molecular flexibility index (Phi) is 5.82. The van der Waals surface area contributed by atoms with Crippen LogP contribution < -0.4 is 62.2 Å². The standard InChI is InChI=1S/C20H18N2O5.K/c1-9(23)16-15-8-14(17(20(26)27)22(15)19(16)25)12-4-2-11-7-13(18(21)24)5-3-10(11)6-12;/h2-7,9,15-16,23H,8H2,1H3,(H2,21,24)(H,26,27);/q;+1/p-1/t9-,15-,16-;/m1./s1. The predicted molar refractivity (Wildman–Crippen MR) is 94.8 cm³/mol. The van der Waals surface area contributed by atoms with Crippen LogP contribution in [0.1, 0.15) is 29.3 Å². The second kappa shape index (κ2) is 7.70. The van der Waals surface area contributed by atoms with Gasteiger partial charge in [0, 0.05) is 5.56 Å². The molecule has 3 atom stereocenters. The Hall–Kier alpha value is -1.55. The summed E-state index contributed by atoms with van der Waals surface area (Å²) in [6.45, 7) is 1.53. The Morgan fingerprint density at radius 3 is 2.46 bits per heavy atom. The minimum absolute atomic E-state index is 0. The van der Waals surface area contributed by atoms with Gasteiger partial charge >= 0.3 is 51.4 Å². The SMILES string of the molecule is C[C@@H](O)[C@H]1C(=O)N2C(C(=O)[O-])=C(c3ccc4cc(C(N)=O)ccc4c3)C[C@H]12.[K+]. The monoisotopic (exact) mass is 404 g/mol. The summed E-state index contributed by atoms with van der Waals surface area (Å²) in [6.07, 6.45) is -0.500. The van der Waals surface area contributed by atoms with Crippen LogP contribution in [0.3, 0.4) is 0 Å². The van der Waals surface area contributed by atoms with Crippen molar-refractivity contribution in [2.24, 2.45) is 11.7 Å². The van der Waals surface area contributed by atoms with Crippen molar-refractivity contribution in [3.63, 3.8) is 0 Å². The maximum Gasteiger partial charge on any atom is 1.00 e. The number of aliphatic hydroxyl groups is 1. The van der Waals surface area contributed by atoms with Crippen molar-refractivity contribution in [3.05, 3.63) is 53.2 Å². The van der Waals surface area contributed by atoms with Crippen LogP contribution in [0.15, 0.2) is 42.1 Å². The summed E-state index contributed by atoms with van der Waals surface area (Å²) in [4.78, 5) is 36.5. The van der Waals surface area contributed by atoms with Gasteiger partial charge in [-0.25, -0.2) is 0 Å². The molecular formula is C20H17KN2O5. The van der Waals surface area contributed by atoms with E-state index in [-0.39, 0.29) is 63.1 Å². The van der Waals surface area contributed by atoms with E-state index in [1.54, 1.807) is 30.3 Å². The zero-order chi connectivity index (χ0) is 19.5. The first kappa shape index (κ1) is 21.2. The molecule has 28 heavy (non-hydrogen) atoms. The zero-order valence-electron chi connectivity index (χ0n) is 15.5. The van der Waals surface area contributed by atoms with Crippen molar-refractivity contribution in [2.45, 2.75) is 25.5 Å². The van der Waals surface area contributed by atoms with Gasteiger partial charge in [0.15, 0.2) is 0 Å². The third-order valence-electron chi connectivity index (χ3n) is 5.40. The normalized spacial score (nSPS) is 21.8. The molecule has 0 bridgehead atoms. The van der Waals surface area contributed by atoms with Crippen LogP contribution in [0.4, 0.5) is 0 Å². The molecular weight excluding hydrogens is 387 g/mol. The molecule has 0 aromatic heterocycles. The number of carboxylic acids is 1. The molecule has 0 unspecified atom stereocenters. The second-order valence-electron chi connectivity index (χ2n) is 7.00. The first-order valence-electron chi connectivity index (χ1n) is 8.59. The Morgan fingerprint density at radius 2 is 1.86 bits per heavy atom. The van der Waals surface area contributed by atoms with E-state index in [4.69, 9.17) is 5.73 Å². The molecule has 7 nitrogen and oxygen atoms in total. The number of rotatable bonds is 4. The summed E-state index contributed by atoms with van der Waals surface area (Å²) in [7, 11) is 0. The summed E-state index contributed by atoms with van der Waals surface area (Å²) in [5.74, 6) is -2.92. The largest absolute Gasteiger partial charge is 1.00 e. The summed E-state index contributed by atoms with van der Waals surface area (Å²) >= 11 is 0. The van der Waals surface area contributed by atoms with Gasteiger partial charge in [-0.05, 0) is 53.5 Å². The minimum atomic E-state index is -1.41. The van der Waals surface area contributed by atoms with Gasteiger partial charge in [-0.1, -0.05) is 18.2 Å². The number of aliphatic carboxylic acids is 1. The number of β-lactam (4-membered cyclic amide) rings is 1. The first-order chi connectivity index (χ1) is 12.8. The molecule has 2 aliphatic rings. The molecule has 0 saturated carbocycles. The maximum atomic E-state index is 12.3. The van der Waals surface area contributed by atoms with Gasteiger partial charge in [0.05, 0.1) is 29.7 Å². The fourth-order valence-electron chi connectivity index (χ4n) is 4.10. The molecule has 4 rings (SSSR count). The van der Waals surface area contributed by atoms with Crippen LogP contribution in [-0.2, 0) is 9.59 Å². The smallest absolute Gasteiger partial charge is 0.543 e. The summed E-state index contributed by atoms with van der Waals surface area (Å²) in [5, 5.41) is 23.1. The number of carbonyl (C=O) groups is 3. The predicted octanol–water partition coefficient (Wildman–Crippen LogP) is -2.98. The number of carbonyl (C=O) groups excluding carboxylic acids is 3. The number of hydrogen-bond donors (Lipinski definition) is 2. The van der Waals surface area contributed by atoms with Gasteiger partial charge in [0.25, 0.3) is 0 Å². The molecule has 2 aliphatic heterocycles. The van der Waals surface area contributed by atoms with Gasteiger partial charge in [-0.15, -0.1) is 0 Å². The van der Waals surface area contributed by atoms with E-state index in [0.29, 0.717) is 23.1 Å². The number of aliphatic hydroxyl groups excluding tert-OH is 1. The van der Waals surface area contributed by atoms with Crippen LogP contribution in [-0.4, -0.2) is 39.9 Å². The van der Waals surface area contributed by atoms with Crippen LogP contribution >= 0.6 is 0 Å². The van der Waals surface area contributed by atoms with Gasteiger partial charge in [-0.3, -0.25) is 9.59 Å². The number of nitrogens with two attached hydrogens (primary N) is 1. The van der Waals surface area contributed by atoms with E-state index in [0.717, 1.165) is 10.8 Å². The quantitative estimate of drug-likeness (QED) is 0.416. The molecule has 0 radical (unpaired) electrons. The summed E-state index contributed by atoms with van der Waals surface area (Å²) < 4.78 is 0. The molecule has 8 heteroatoms. The molecule has 2 amide bonds. The van der Waals surface area contributed by atoms with E-state index in [9.17, 15) is 24.6 Å². The fraction of sp³-hybridized carbons (Fsp3) is 0.250. The molecule has 1 fully saturated rings.